The van der Waals surface area contributed by atoms with Gasteiger partial charge in [-0.05, 0) is 79.2 Å². The van der Waals surface area contributed by atoms with Crippen LogP contribution in [0.4, 0.5) is 4.39 Å². The molecular formula is C28H45FIN5O2S. The van der Waals surface area contributed by atoms with Gasteiger partial charge >= 0.3 is 0 Å². The molecule has 0 radical (unpaired) electrons. The van der Waals surface area contributed by atoms with Gasteiger partial charge in [-0.15, -0.1) is 12.6 Å². The minimum Gasteiger partial charge on any atom is -0.476 e. The number of nitrogens with one attached hydrogen (secondary N) is 2. The summed E-state index contributed by atoms with van der Waals surface area (Å²) in [4.78, 5) is 22.9. The van der Waals surface area contributed by atoms with Crippen molar-refractivity contribution >= 4 is 52.9 Å². The molecule has 0 aliphatic heterocycles. The molecule has 0 spiro atoms. The fourth-order valence-electron chi connectivity index (χ4n) is 3.77. The lowest BCUT2D eigenvalue weighted by atomic mass is 9.88. The standard InChI is InChI=1S/C28H45FIN5O2S/c1-8-10-24(38)13-14-25(36)35(23(15-16-28(3,4)5)19-37-27(31)26(29)30)18-21(17-32-6)33-20(2)34(7)22-11-9-12-22/h8,10,13-14,17,22-23,26,31-32,38H,1,9,11-12,15-16,18-19H2,2-7H3/b14-13+,21-17-,24-10+,31-27?,33-20?. The van der Waals surface area contributed by atoms with Gasteiger partial charge in [-0.1, -0.05) is 33.4 Å². The summed E-state index contributed by atoms with van der Waals surface area (Å²) < 4.78 is 17.6. The Kier molecular flexibility index (Phi) is 15.3. The number of carbonyl (C=O) groups excluding carboxylic acids is 1. The number of halogens is 2. The first kappa shape index (κ1) is 34.2. The van der Waals surface area contributed by atoms with E-state index in [-0.39, 0.29) is 24.5 Å². The van der Waals surface area contributed by atoms with Crippen molar-refractivity contribution in [3.63, 3.8) is 0 Å². The van der Waals surface area contributed by atoms with Crippen molar-refractivity contribution in [2.45, 2.75) is 76.1 Å². The molecule has 0 aromatic rings. The number of carbonyl (C=O) groups is 1. The van der Waals surface area contributed by atoms with Crippen LogP contribution in [-0.2, 0) is 9.53 Å². The number of rotatable bonds is 14. The molecule has 1 saturated carbocycles. The Labute approximate surface area is 247 Å². The van der Waals surface area contributed by atoms with Crippen molar-refractivity contribution in [2.24, 2.45) is 10.4 Å². The van der Waals surface area contributed by atoms with Crippen LogP contribution in [0.25, 0.3) is 0 Å². The third kappa shape index (κ3) is 12.8. The number of hydrogen-bond acceptors (Lipinski definition) is 6. The maximum atomic E-state index is 13.7. The summed E-state index contributed by atoms with van der Waals surface area (Å²) in [7, 11) is 3.84. The number of ether oxygens (including phenoxy) is 1. The fraction of sp³-hybridized carbons (Fsp3) is 0.607. The molecular weight excluding hydrogens is 616 g/mol. The maximum absolute atomic E-state index is 13.7. The van der Waals surface area contributed by atoms with Crippen LogP contribution in [-0.4, -0.2) is 70.9 Å². The molecule has 0 saturated heterocycles. The van der Waals surface area contributed by atoms with Gasteiger partial charge in [0.2, 0.25) is 16.0 Å². The van der Waals surface area contributed by atoms with Crippen LogP contribution in [0.3, 0.4) is 0 Å². The van der Waals surface area contributed by atoms with Crippen molar-refractivity contribution in [3.05, 3.63) is 47.7 Å². The van der Waals surface area contributed by atoms with Crippen molar-refractivity contribution < 1.29 is 13.9 Å². The first-order chi connectivity index (χ1) is 17.8. The lowest BCUT2D eigenvalue weighted by molar-refractivity contribution is -0.128. The zero-order valence-electron chi connectivity index (χ0n) is 23.6. The van der Waals surface area contributed by atoms with E-state index < -0.39 is 16.1 Å². The Bertz CT molecular complexity index is 923. The third-order valence-electron chi connectivity index (χ3n) is 6.35. The van der Waals surface area contributed by atoms with Gasteiger partial charge in [0.15, 0.2) is 0 Å². The average Bonchev–Trinajstić information content (AvgIpc) is 2.79. The van der Waals surface area contributed by atoms with E-state index in [4.69, 9.17) is 15.1 Å². The van der Waals surface area contributed by atoms with Gasteiger partial charge < -0.3 is 19.9 Å². The van der Waals surface area contributed by atoms with Gasteiger partial charge in [-0.3, -0.25) is 10.2 Å². The maximum Gasteiger partial charge on any atom is 0.247 e. The van der Waals surface area contributed by atoms with Crippen LogP contribution in [0.1, 0.15) is 59.8 Å². The van der Waals surface area contributed by atoms with Gasteiger partial charge in [-0.2, -0.15) is 0 Å². The van der Waals surface area contributed by atoms with E-state index in [1.54, 1.807) is 36.4 Å². The third-order valence-corrected chi connectivity index (χ3v) is 7.21. The van der Waals surface area contributed by atoms with E-state index >= 15 is 0 Å². The highest BCUT2D eigenvalue weighted by molar-refractivity contribution is 14.1. The highest BCUT2D eigenvalue weighted by atomic mass is 127. The molecule has 0 aromatic heterocycles. The van der Waals surface area contributed by atoms with E-state index in [0.29, 0.717) is 23.1 Å². The molecule has 7 nitrogen and oxygen atoms in total. The summed E-state index contributed by atoms with van der Waals surface area (Å²) in [5.74, 6) is 0.166. The summed E-state index contributed by atoms with van der Waals surface area (Å²) in [5.41, 5.74) is 0.690. The second-order valence-electron chi connectivity index (χ2n) is 10.6. The molecule has 0 heterocycles. The Morgan fingerprint density at radius 1 is 1.37 bits per heavy atom. The van der Waals surface area contributed by atoms with Gasteiger partial charge in [0.1, 0.15) is 12.4 Å². The molecule has 2 N–H and O–H groups in total. The zero-order chi connectivity index (χ0) is 28.9. The number of hydrogen-bond donors (Lipinski definition) is 3. The number of alkyl halides is 2. The number of nitrogens with zero attached hydrogens (tertiary/aromatic N) is 3. The van der Waals surface area contributed by atoms with Crippen LogP contribution < -0.4 is 5.32 Å². The van der Waals surface area contributed by atoms with E-state index in [0.717, 1.165) is 25.1 Å². The number of aliphatic imine (C=N–C) groups is 1. The highest BCUT2D eigenvalue weighted by Crippen LogP contribution is 2.26. The van der Waals surface area contributed by atoms with E-state index in [9.17, 15) is 9.18 Å². The van der Waals surface area contributed by atoms with Crippen molar-refractivity contribution in [1.29, 1.82) is 5.41 Å². The second kappa shape index (κ2) is 17.0. The second-order valence-corrected chi connectivity index (χ2v) is 12.2. The normalized spacial score (nSPS) is 17.0. The van der Waals surface area contributed by atoms with Crippen LogP contribution in [0.5, 0.6) is 0 Å². The number of allylic oxidation sites excluding steroid dienone is 3. The molecule has 1 fully saturated rings. The summed E-state index contributed by atoms with van der Waals surface area (Å²) in [5, 5.41) is 10.9. The SMILES string of the molecule is C=C/C=C(S)\C=C\C(=O)N(C/C(=C/NC)N=C(C)N(C)C1CCC1)C(CCC(C)(C)C)COC(=N)C(F)I. The Morgan fingerprint density at radius 3 is 2.53 bits per heavy atom. The van der Waals surface area contributed by atoms with Crippen molar-refractivity contribution in [2.75, 3.05) is 27.2 Å². The van der Waals surface area contributed by atoms with Crippen molar-refractivity contribution in [3.8, 4) is 0 Å². The monoisotopic (exact) mass is 661 g/mol. The fourth-order valence-corrected chi connectivity index (χ4v) is 4.13. The topological polar surface area (TPSA) is 81.0 Å². The quantitative estimate of drug-likeness (QED) is 0.0391. The van der Waals surface area contributed by atoms with E-state index in [2.05, 4.69) is 57.2 Å². The Balaban J connectivity index is 3.39. The number of amides is 1. The first-order valence-corrected chi connectivity index (χ1v) is 14.6. The highest BCUT2D eigenvalue weighted by Gasteiger charge is 2.28. The van der Waals surface area contributed by atoms with Gasteiger partial charge in [0.05, 0.1) is 18.3 Å². The Hall–Kier alpha value is -1.82. The molecule has 2 unspecified atom stereocenters. The van der Waals surface area contributed by atoms with Gasteiger partial charge in [0, 0.05) is 37.3 Å². The molecule has 2 atom stereocenters. The minimum atomic E-state index is -1.55. The van der Waals surface area contributed by atoms with Crippen LogP contribution in [0, 0.1) is 10.8 Å². The van der Waals surface area contributed by atoms with Crippen molar-refractivity contribution in [1.82, 2.24) is 15.1 Å². The van der Waals surface area contributed by atoms with E-state index in [1.165, 1.54) is 35.1 Å². The number of thiol groups is 1. The predicted octanol–water partition coefficient (Wildman–Crippen LogP) is 6.25. The van der Waals surface area contributed by atoms with Gasteiger partial charge in [0.25, 0.3) is 0 Å². The number of amidine groups is 1. The Morgan fingerprint density at radius 2 is 2.03 bits per heavy atom. The van der Waals surface area contributed by atoms with Crippen LogP contribution in [0.15, 0.2) is 52.7 Å². The largest absolute Gasteiger partial charge is 0.476 e. The smallest absolute Gasteiger partial charge is 0.247 e. The molecule has 0 bridgehead atoms. The molecule has 1 aliphatic rings. The molecule has 10 heteroatoms. The van der Waals surface area contributed by atoms with Crippen LogP contribution in [0.2, 0.25) is 0 Å². The van der Waals surface area contributed by atoms with Crippen LogP contribution >= 0.6 is 35.2 Å². The average molecular weight is 662 g/mol. The van der Waals surface area contributed by atoms with Gasteiger partial charge in [-0.25, -0.2) is 9.38 Å². The molecule has 214 valence electrons. The molecule has 38 heavy (non-hydrogen) atoms. The molecule has 1 amide bonds. The zero-order valence-corrected chi connectivity index (χ0v) is 26.7. The summed E-state index contributed by atoms with van der Waals surface area (Å²) in [6.45, 7) is 12.2. The molecule has 1 aliphatic carbocycles. The lowest BCUT2D eigenvalue weighted by Crippen LogP contribution is -2.45. The molecule has 1 rings (SSSR count). The predicted molar refractivity (Wildman–Crippen MR) is 169 cm³/mol. The lowest BCUT2D eigenvalue weighted by Gasteiger charge is -2.36. The summed E-state index contributed by atoms with van der Waals surface area (Å²) >= 11 is 5.87. The summed E-state index contributed by atoms with van der Waals surface area (Å²) in [6, 6.07) is 0.0790. The van der Waals surface area contributed by atoms with E-state index in [1.807, 2.05) is 6.92 Å². The minimum absolute atomic E-state index is 0.00561. The first-order valence-electron chi connectivity index (χ1n) is 12.9. The summed E-state index contributed by atoms with van der Waals surface area (Å²) in [6.07, 6.45) is 13.1. The molecule has 0 aromatic carbocycles.